The minimum atomic E-state index is -0.659. The maximum Gasteiger partial charge on any atom is 0.437 e. The maximum atomic E-state index is 12.7. The van der Waals surface area contributed by atoms with Crippen molar-refractivity contribution >= 4 is 5.91 Å². The van der Waals surface area contributed by atoms with Crippen LogP contribution in [0.15, 0.2) is 69.9 Å². The highest BCUT2D eigenvalue weighted by Gasteiger charge is 2.21. The van der Waals surface area contributed by atoms with E-state index in [1.807, 2.05) is 48.5 Å². The quantitative estimate of drug-likeness (QED) is 0.640. The lowest BCUT2D eigenvalue weighted by atomic mass is 10.1. The van der Waals surface area contributed by atoms with Gasteiger partial charge in [0.1, 0.15) is 6.54 Å². The van der Waals surface area contributed by atoms with Gasteiger partial charge >= 0.3 is 5.76 Å². The van der Waals surface area contributed by atoms with Crippen LogP contribution in [0.5, 0.6) is 0 Å². The number of nitrogens with one attached hydrogen (secondary N) is 1. The Labute approximate surface area is 174 Å². The molecule has 2 heterocycles. The van der Waals surface area contributed by atoms with Crippen LogP contribution in [0.4, 0.5) is 0 Å². The molecule has 1 aromatic heterocycles. The Morgan fingerprint density at radius 1 is 1.03 bits per heavy atom. The topological polar surface area (TPSA) is 89.6 Å². The zero-order valence-electron chi connectivity index (χ0n) is 16.6. The zero-order valence-corrected chi connectivity index (χ0v) is 16.6. The molecule has 0 unspecified atom stereocenters. The second-order valence-corrected chi connectivity index (χ2v) is 7.14. The number of ether oxygens (including phenoxy) is 1. The summed E-state index contributed by atoms with van der Waals surface area (Å²) in [5, 5.41) is 7.21. The number of amides is 1. The highest BCUT2D eigenvalue weighted by molar-refractivity contribution is 5.76. The molecule has 0 saturated carbocycles. The predicted molar refractivity (Wildman–Crippen MR) is 111 cm³/mol. The van der Waals surface area contributed by atoms with Crippen molar-refractivity contribution in [3.8, 4) is 11.5 Å². The Kier molecular flexibility index (Phi) is 6.36. The molecule has 0 radical (unpaired) electrons. The standard InChI is InChI=1S/C22H24N4O4/c27-20(16-26-22(28)30-21(24-26)18-9-5-2-6-10-18)23-19(17-7-3-1-4-8-17)15-25-11-13-29-14-12-25/h1-10,19H,11-16H2,(H,23,27)/t19-/m0/s1. The van der Waals surface area contributed by atoms with E-state index in [2.05, 4.69) is 15.3 Å². The Bertz CT molecular complexity index is 1010. The maximum absolute atomic E-state index is 12.7. The number of hydrogen-bond acceptors (Lipinski definition) is 6. The van der Waals surface area contributed by atoms with Crippen LogP contribution in [-0.2, 0) is 16.1 Å². The number of carbonyl (C=O) groups is 1. The zero-order chi connectivity index (χ0) is 20.8. The van der Waals surface area contributed by atoms with E-state index in [4.69, 9.17) is 9.15 Å². The summed E-state index contributed by atoms with van der Waals surface area (Å²) in [7, 11) is 0. The van der Waals surface area contributed by atoms with Gasteiger partial charge < -0.3 is 14.5 Å². The van der Waals surface area contributed by atoms with E-state index in [9.17, 15) is 9.59 Å². The van der Waals surface area contributed by atoms with Crippen molar-refractivity contribution in [2.75, 3.05) is 32.8 Å². The number of benzene rings is 2. The molecule has 0 spiro atoms. The molecule has 1 saturated heterocycles. The highest BCUT2D eigenvalue weighted by Crippen LogP contribution is 2.16. The minimum absolute atomic E-state index is 0.196. The van der Waals surface area contributed by atoms with Gasteiger partial charge in [-0.2, -0.15) is 4.68 Å². The molecule has 1 N–H and O–H groups in total. The molecule has 30 heavy (non-hydrogen) atoms. The summed E-state index contributed by atoms with van der Waals surface area (Å²) in [5.41, 5.74) is 1.69. The molecule has 2 aromatic carbocycles. The third-order valence-electron chi connectivity index (χ3n) is 5.00. The molecule has 3 aromatic rings. The van der Waals surface area contributed by atoms with Crippen LogP contribution < -0.4 is 11.1 Å². The Hall–Kier alpha value is -3.23. The summed E-state index contributed by atoms with van der Waals surface area (Å²) in [6.07, 6.45) is 0. The van der Waals surface area contributed by atoms with Gasteiger partial charge in [0, 0.05) is 25.2 Å². The van der Waals surface area contributed by atoms with Crippen molar-refractivity contribution in [2.45, 2.75) is 12.6 Å². The Morgan fingerprint density at radius 3 is 2.40 bits per heavy atom. The lowest BCUT2D eigenvalue weighted by Gasteiger charge is -2.31. The van der Waals surface area contributed by atoms with Crippen LogP contribution in [0.3, 0.4) is 0 Å². The molecule has 4 rings (SSSR count). The van der Waals surface area contributed by atoms with Crippen molar-refractivity contribution in [2.24, 2.45) is 0 Å². The molecule has 1 aliphatic heterocycles. The smallest absolute Gasteiger partial charge is 0.388 e. The average molecular weight is 408 g/mol. The lowest BCUT2D eigenvalue weighted by Crippen LogP contribution is -2.44. The van der Waals surface area contributed by atoms with Crippen LogP contribution >= 0.6 is 0 Å². The van der Waals surface area contributed by atoms with Gasteiger partial charge in [-0.3, -0.25) is 9.69 Å². The highest BCUT2D eigenvalue weighted by atomic mass is 16.5. The van der Waals surface area contributed by atoms with Gasteiger partial charge in [-0.05, 0) is 17.7 Å². The third-order valence-corrected chi connectivity index (χ3v) is 5.00. The van der Waals surface area contributed by atoms with E-state index in [1.165, 1.54) is 0 Å². The van der Waals surface area contributed by atoms with Crippen LogP contribution in [0, 0.1) is 0 Å². The van der Waals surface area contributed by atoms with Crippen molar-refractivity contribution in [3.05, 3.63) is 76.8 Å². The first-order valence-corrected chi connectivity index (χ1v) is 9.97. The minimum Gasteiger partial charge on any atom is -0.388 e. The molecule has 1 fully saturated rings. The van der Waals surface area contributed by atoms with E-state index in [1.54, 1.807) is 12.1 Å². The van der Waals surface area contributed by atoms with Crippen molar-refractivity contribution < 1.29 is 13.9 Å². The molecule has 8 nitrogen and oxygen atoms in total. The van der Waals surface area contributed by atoms with E-state index in [0.717, 1.165) is 23.3 Å². The SMILES string of the molecule is O=C(Cn1nc(-c2ccccc2)oc1=O)N[C@@H](CN1CCOCC1)c1ccccc1. The molecular weight excluding hydrogens is 384 g/mol. The lowest BCUT2D eigenvalue weighted by molar-refractivity contribution is -0.122. The number of rotatable bonds is 7. The number of carbonyl (C=O) groups excluding carboxylic acids is 1. The van der Waals surface area contributed by atoms with E-state index in [-0.39, 0.29) is 24.4 Å². The van der Waals surface area contributed by atoms with Crippen molar-refractivity contribution in [1.29, 1.82) is 0 Å². The molecule has 8 heteroatoms. The molecule has 1 atom stereocenters. The summed E-state index contributed by atoms with van der Waals surface area (Å²) in [6.45, 7) is 3.48. The van der Waals surface area contributed by atoms with Gasteiger partial charge in [-0.15, -0.1) is 5.10 Å². The number of hydrogen-bond donors (Lipinski definition) is 1. The largest absolute Gasteiger partial charge is 0.437 e. The first kappa shape index (κ1) is 20.1. The van der Waals surface area contributed by atoms with Gasteiger partial charge in [0.05, 0.1) is 19.3 Å². The van der Waals surface area contributed by atoms with E-state index >= 15 is 0 Å². The van der Waals surface area contributed by atoms with E-state index in [0.29, 0.717) is 25.3 Å². The number of aromatic nitrogens is 2. The summed E-state index contributed by atoms with van der Waals surface area (Å²) in [4.78, 5) is 27.2. The van der Waals surface area contributed by atoms with Crippen LogP contribution in [-0.4, -0.2) is 53.4 Å². The van der Waals surface area contributed by atoms with Gasteiger partial charge in [-0.25, -0.2) is 4.79 Å². The fraction of sp³-hybridized carbons (Fsp3) is 0.318. The normalized spacial score (nSPS) is 15.6. The predicted octanol–water partition coefficient (Wildman–Crippen LogP) is 1.69. The molecule has 1 aliphatic rings. The Balaban J connectivity index is 1.46. The monoisotopic (exact) mass is 408 g/mol. The van der Waals surface area contributed by atoms with Crippen molar-refractivity contribution in [1.82, 2.24) is 20.0 Å². The first-order valence-electron chi connectivity index (χ1n) is 9.97. The Morgan fingerprint density at radius 2 is 1.70 bits per heavy atom. The molecule has 156 valence electrons. The summed E-state index contributed by atoms with van der Waals surface area (Å²) in [6, 6.07) is 18.7. The molecule has 0 bridgehead atoms. The van der Waals surface area contributed by atoms with Gasteiger partial charge in [-0.1, -0.05) is 48.5 Å². The van der Waals surface area contributed by atoms with E-state index < -0.39 is 5.76 Å². The summed E-state index contributed by atoms with van der Waals surface area (Å²) >= 11 is 0. The number of nitrogens with zero attached hydrogens (tertiary/aromatic N) is 3. The van der Waals surface area contributed by atoms with Crippen LogP contribution in [0.1, 0.15) is 11.6 Å². The fourth-order valence-electron chi connectivity index (χ4n) is 3.44. The van der Waals surface area contributed by atoms with Crippen LogP contribution in [0.25, 0.3) is 11.5 Å². The second-order valence-electron chi connectivity index (χ2n) is 7.14. The van der Waals surface area contributed by atoms with Gasteiger partial charge in [0.15, 0.2) is 0 Å². The molecule has 1 amide bonds. The van der Waals surface area contributed by atoms with Gasteiger partial charge in [0.2, 0.25) is 11.8 Å². The third kappa shape index (κ3) is 5.03. The van der Waals surface area contributed by atoms with Gasteiger partial charge in [0.25, 0.3) is 0 Å². The van der Waals surface area contributed by atoms with Crippen molar-refractivity contribution in [3.63, 3.8) is 0 Å². The summed E-state index contributed by atoms with van der Waals surface area (Å²) in [5.74, 6) is -0.762. The molecule has 0 aliphatic carbocycles. The fourth-order valence-corrected chi connectivity index (χ4v) is 3.44. The summed E-state index contributed by atoms with van der Waals surface area (Å²) < 4.78 is 11.7. The second kappa shape index (κ2) is 9.51. The molecular formula is C22H24N4O4. The first-order chi connectivity index (χ1) is 14.7. The number of morpholine rings is 1. The van der Waals surface area contributed by atoms with Crippen LogP contribution in [0.2, 0.25) is 0 Å². The average Bonchev–Trinajstić information content (AvgIpc) is 3.15.